The number of halogens is 3. The van der Waals surface area contributed by atoms with E-state index < -0.39 is 18.1 Å². The maximum absolute atomic E-state index is 12.8. The van der Waals surface area contributed by atoms with E-state index in [9.17, 15) is 13.6 Å². The highest BCUT2D eigenvalue weighted by atomic mass is 79.9. The summed E-state index contributed by atoms with van der Waals surface area (Å²) in [5, 5.41) is 9.03. The number of ether oxygens (including phenoxy) is 1. The molecular formula is C11H9BrF2N2O2. The van der Waals surface area contributed by atoms with E-state index in [1.54, 1.807) is 13.0 Å². The topological polar surface area (TPSA) is 63.0 Å². The molecule has 0 aromatic carbocycles. The van der Waals surface area contributed by atoms with Crippen LogP contribution in [0.2, 0.25) is 0 Å². The summed E-state index contributed by atoms with van der Waals surface area (Å²) in [7, 11) is 0. The molecule has 1 rings (SSSR count). The van der Waals surface area contributed by atoms with Gasteiger partial charge in [0.2, 0.25) is 0 Å². The molecule has 1 aromatic heterocycles. The lowest BCUT2D eigenvalue weighted by atomic mass is 10.1. The zero-order chi connectivity index (χ0) is 13.7. The first kappa shape index (κ1) is 14.5. The highest BCUT2D eigenvalue weighted by Crippen LogP contribution is 2.25. The Morgan fingerprint density at radius 3 is 2.78 bits per heavy atom. The number of pyridine rings is 1. The van der Waals surface area contributed by atoms with E-state index in [4.69, 9.17) is 5.26 Å². The SMILES string of the molecule is CCOC(=O)c1cc(CBr)c(C#N)nc1C(F)F. The Bertz CT molecular complexity index is 501. The van der Waals surface area contributed by atoms with Gasteiger partial charge in [-0.25, -0.2) is 18.6 Å². The van der Waals surface area contributed by atoms with Crippen LogP contribution in [0.3, 0.4) is 0 Å². The molecule has 0 atom stereocenters. The number of nitriles is 1. The fourth-order valence-corrected chi connectivity index (χ4v) is 1.73. The zero-order valence-corrected chi connectivity index (χ0v) is 11.0. The van der Waals surface area contributed by atoms with Crippen molar-refractivity contribution in [1.82, 2.24) is 4.98 Å². The minimum atomic E-state index is -2.94. The van der Waals surface area contributed by atoms with E-state index in [1.807, 2.05) is 0 Å². The standard InChI is InChI=1S/C11H9BrF2N2O2/c1-2-18-11(17)7-3-6(4-12)8(5-15)16-9(7)10(13)14/h3,10H,2,4H2,1H3. The minimum absolute atomic E-state index is 0.0746. The van der Waals surface area contributed by atoms with Crippen LogP contribution in [0.1, 0.15) is 40.7 Å². The van der Waals surface area contributed by atoms with E-state index in [1.165, 1.54) is 6.07 Å². The molecule has 96 valence electrons. The van der Waals surface area contributed by atoms with Crippen LogP contribution in [0.4, 0.5) is 8.78 Å². The molecule has 0 bridgehead atoms. The van der Waals surface area contributed by atoms with Gasteiger partial charge in [-0.3, -0.25) is 0 Å². The summed E-state index contributed by atoms with van der Waals surface area (Å²) in [6.07, 6.45) is -2.94. The van der Waals surface area contributed by atoms with Gasteiger partial charge in [0.25, 0.3) is 6.43 Å². The first-order chi connectivity index (χ1) is 8.54. The Hall–Kier alpha value is -1.55. The molecule has 1 aromatic rings. The second-order valence-corrected chi connectivity index (χ2v) is 3.76. The van der Waals surface area contributed by atoms with Gasteiger partial charge in [-0.1, -0.05) is 15.9 Å². The monoisotopic (exact) mass is 318 g/mol. The van der Waals surface area contributed by atoms with Crippen molar-refractivity contribution in [3.8, 4) is 6.07 Å². The van der Waals surface area contributed by atoms with Crippen molar-refractivity contribution in [2.45, 2.75) is 18.7 Å². The number of nitrogens with zero attached hydrogens (tertiary/aromatic N) is 2. The van der Waals surface area contributed by atoms with Crippen LogP contribution in [0, 0.1) is 11.3 Å². The fourth-order valence-electron chi connectivity index (χ4n) is 1.31. The third-order valence-electron chi connectivity index (χ3n) is 2.08. The largest absolute Gasteiger partial charge is 0.462 e. The van der Waals surface area contributed by atoms with E-state index in [-0.39, 0.29) is 23.2 Å². The van der Waals surface area contributed by atoms with Crippen molar-refractivity contribution < 1.29 is 18.3 Å². The highest BCUT2D eigenvalue weighted by molar-refractivity contribution is 9.08. The Morgan fingerprint density at radius 1 is 1.67 bits per heavy atom. The Kier molecular flexibility index (Phi) is 5.16. The number of rotatable bonds is 4. The summed E-state index contributed by atoms with van der Waals surface area (Å²) in [6.45, 7) is 1.65. The van der Waals surface area contributed by atoms with E-state index in [0.717, 1.165) is 0 Å². The fraction of sp³-hybridized carbons (Fsp3) is 0.364. The molecule has 0 saturated heterocycles. The van der Waals surface area contributed by atoms with E-state index in [2.05, 4.69) is 25.7 Å². The van der Waals surface area contributed by atoms with Gasteiger partial charge in [0, 0.05) is 10.9 Å². The molecule has 0 aliphatic carbocycles. The van der Waals surface area contributed by atoms with Crippen LogP contribution in [-0.2, 0) is 10.1 Å². The van der Waals surface area contributed by atoms with Crippen molar-refractivity contribution in [2.24, 2.45) is 0 Å². The lowest BCUT2D eigenvalue weighted by Gasteiger charge is -2.10. The summed E-state index contributed by atoms with van der Waals surface area (Å²) in [4.78, 5) is 15.1. The molecule has 7 heteroatoms. The predicted octanol–water partition coefficient (Wildman–Crippen LogP) is 2.96. The van der Waals surface area contributed by atoms with Crippen LogP contribution in [-0.4, -0.2) is 17.6 Å². The number of alkyl halides is 3. The number of aromatic nitrogens is 1. The number of carbonyl (C=O) groups is 1. The molecule has 0 N–H and O–H groups in total. The zero-order valence-electron chi connectivity index (χ0n) is 9.41. The number of esters is 1. The first-order valence-corrected chi connectivity index (χ1v) is 6.12. The summed E-state index contributed by atoms with van der Waals surface area (Å²) < 4.78 is 30.3. The maximum atomic E-state index is 12.8. The summed E-state index contributed by atoms with van der Waals surface area (Å²) in [6, 6.07) is 2.92. The molecular weight excluding hydrogens is 310 g/mol. The van der Waals surface area contributed by atoms with Crippen LogP contribution < -0.4 is 0 Å². The number of hydrogen-bond donors (Lipinski definition) is 0. The van der Waals surface area contributed by atoms with E-state index in [0.29, 0.717) is 5.56 Å². The molecule has 0 amide bonds. The Labute approximate surface area is 111 Å². The van der Waals surface area contributed by atoms with Gasteiger partial charge in [-0.2, -0.15) is 5.26 Å². The minimum Gasteiger partial charge on any atom is -0.462 e. The average Bonchev–Trinajstić information content (AvgIpc) is 2.37. The molecule has 0 radical (unpaired) electrons. The van der Waals surface area contributed by atoms with Gasteiger partial charge >= 0.3 is 5.97 Å². The van der Waals surface area contributed by atoms with Crippen LogP contribution >= 0.6 is 15.9 Å². The van der Waals surface area contributed by atoms with Gasteiger partial charge in [-0.15, -0.1) is 0 Å². The summed E-state index contributed by atoms with van der Waals surface area (Å²) >= 11 is 3.10. The van der Waals surface area contributed by atoms with Crippen molar-refractivity contribution in [2.75, 3.05) is 6.61 Å². The van der Waals surface area contributed by atoms with Gasteiger partial charge in [0.05, 0.1) is 12.2 Å². The third kappa shape index (κ3) is 3.01. The quantitative estimate of drug-likeness (QED) is 0.632. The number of hydrogen-bond acceptors (Lipinski definition) is 4. The molecule has 18 heavy (non-hydrogen) atoms. The van der Waals surface area contributed by atoms with Crippen LogP contribution in [0.5, 0.6) is 0 Å². The second kappa shape index (κ2) is 6.40. The van der Waals surface area contributed by atoms with Crippen LogP contribution in [0.25, 0.3) is 0 Å². The van der Waals surface area contributed by atoms with Gasteiger partial charge in [0.15, 0.2) is 0 Å². The Morgan fingerprint density at radius 2 is 2.33 bits per heavy atom. The smallest absolute Gasteiger partial charge is 0.340 e. The Balaban J connectivity index is 3.39. The molecule has 0 saturated carbocycles. The number of carbonyl (C=O) groups excluding carboxylic acids is 1. The van der Waals surface area contributed by atoms with Gasteiger partial charge in [0.1, 0.15) is 17.5 Å². The predicted molar refractivity (Wildman–Crippen MR) is 62.5 cm³/mol. The molecule has 0 spiro atoms. The molecule has 0 aliphatic rings. The summed E-state index contributed by atoms with van der Waals surface area (Å²) in [5.74, 6) is -0.869. The van der Waals surface area contributed by atoms with Gasteiger partial charge in [-0.05, 0) is 13.0 Å². The lowest BCUT2D eigenvalue weighted by Crippen LogP contribution is -2.12. The normalized spacial score (nSPS) is 10.2. The van der Waals surface area contributed by atoms with E-state index >= 15 is 0 Å². The van der Waals surface area contributed by atoms with Crippen molar-refractivity contribution in [3.05, 3.63) is 28.6 Å². The maximum Gasteiger partial charge on any atom is 0.340 e. The lowest BCUT2D eigenvalue weighted by molar-refractivity contribution is 0.0513. The molecule has 0 fully saturated rings. The van der Waals surface area contributed by atoms with Crippen molar-refractivity contribution in [3.63, 3.8) is 0 Å². The van der Waals surface area contributed by atoms with Gasteiger partial charge < -0.3 is 4.74 Å². The van der Waals surface area contributed by atoms with Crippen LogP contribution in [0.15, 0.2) is 6.07 Å². The summed E-state index contributed by atoms with van der Waals surface area (Å²) in [5.41, 5.74) is -0.796. The molecule has 1 heterocycles. The molecule has 0 unspecified atom stereocenters. The molecule has 4 nitrogen and oxygen atoms in total. The van der Waals surface area contributed by atoms with Crippen molar-refractivity contribution in [1.29, 1.82) is 5.26 Å². The third-order valence-corrected chi connectivity index (χ3v) is 2.69. The van der Waals surface area contributed by atoms with Crippen molar-refractivity contribution >= 4 is 21.9 Å². The molecule has 0 aliphatic heterocycles. The highest BCUT2D eigenvalue weighted by Gasteiger charge is 2.23. The first-order valence-electron chi connectivity index (χ1n) is 5.00. The second-order valence-electron chi connectivity index (χ2n) is 3.20. The average molecular weight is 319 g/mol.